The van der Waals surface area contributed by atoms with Gasteiger partial charge < -0.3 is 10.5 Å². The molecule has 0 unspecified atom stereocenters. The first kappa shape index (κ1) is 28.6. The Balaban J connectivity index is 1.62. The minimum atomic E-state index is -4.60. The minimum absolute atomic E-state index is 0.0283. The van der Waals surface area contributed by atoms with Crippen LogP contribution in [0.2, 0.25) is 4.34 Å². The summed E-state index contributed by atoms with van der Waals surface area (Å²) < 4.78 is 98.5. The number of rotatable bonds is 8. The maximum absolute atomic E-state index is 13.8. The average Bonchev–Trinajstić information content (AvgIpc) is 3.45. The van der Waals surface area contributed by atoms with Crippen LogP contribution < -0.4 is 20.5 Å². The summed E-state index contributed by atoms with van der Waals surface area (Å²) in [4.78, 5) is 16.7. The Morgan fingerprint density at radius 1 is 1.21 bits per heavy atom. The third-order valence-electron chi connectivity index (χ3n) is 5.00. The van der Waals surface area contributed by atoms with E-state index in [1.165, 1.54) is 0 Å². The molecule has 0 radical (unpaired) electrons. The number of halogens is 6. The van der Waals surface area contributed by atoms with Crippen LogP contribution in [-0.2, 0) is 16.2 Å². The number of thiophene rings is 1. The maximum atomic E-state index is 13.8. The Morgan fingerprint density at radius 3 is 2.51 bits per heavy atom. The lowest BCUT2D eigenvalue weighted by Gasteiger charge is -2.10. The highest BCUT2D eigenvalue weighted by Crippen LogP contribution is 2.36. The second-order valence-corrected chi connectivity index (χ2v) is 11.3. The molecule has 0 aliphatic carbocycles. The first-order chi connectivity index (χ1) is 18.3. The molecule has 0 aliphatic heterocycles. The van der Waals surface area contributed by atoms with E-state index in [9.17, 15) is 35.2 Å². The molecule has 1 aromatic carbocycles. The van der Waals surface area contributed by atoms with Gasteiger partial charge in [0.25, 0.3) is 6.43 Å². The summed E-state index contributed by atoms with van der Waals surface area (Å²) in [6.45, 7) is 0.0246. The first-order valence-corrected chi connectivity index (χ1v) is 13.3. The minimum Gasteiger partial charge on any atom is -0.404 e. The third-order valence-corrected chi connectivity index (χ3v) is 8.30. The lowest BCUT2D eigenvalue weighted by atomic mass is 10.1. The van der Waals surface area contributed by atoms with E-state index in [4.69, 9.17) is 22.1 Å². The van der Waals surface area contributed by atoms with E-state index in [0.717, 1.165) is 42.6 Å². The van der Waals surface area contributed by atoms with Crippen LogP contribution in [0.5, 0.6) is 5.75 Å². The molecule has 0 aliphatic rings. The van der Waals surface area contributed by atoms with Crippen molar-refractivity contribution in [3.8, 4) is 17.0 Å². The fraction of sp³-hybridized carbons (Fsp3) is 0.190. The van der Waals surface area contributed by atoms with E-state index < -0.39 is 40.0 Å². The van der Waals surface area contributed by atoms with Gasteiger partial charge in [0.15, 0.2) is 11.4 Å². The van der Waals surface area contributed by atoms with Crippen molar-refractivity contribution in [3.05, 3.63) is 58.2 Å². The zero-order valence-electron chi connectivity index (χ0n) is 19.2. The summed E-state index contributed by atoms with van der Waals surface area (Å²) in [6, 6.07) is 5.70. The van der Waals surface area contributed by atoms with E-state index in [1.807, 2.05) is 0 Å². The van der Waals surface area contributed by atoms with Crippen LogP contribution in [0.4, 0.5) is 32.4 Å². The molecule has 3 aromatic heterocycles. The molecule has 10 nitrogen and oxygen atoms in total. The molecule has 0 saturated heterocycles. The van der Waals surface area contributed by atoms with Crippen LogP contribution in [0.3, 0.4) is 0 Å². The van der Waals surface area contributed by atoms with E-state index >= 15 is 0 Å². The number of carbonyl (C=O) groups is 1. The molecule has 18 heteroatoms. The SMILES string of the molecule is NCCNS(=O)(=O)c1cc(NC(=O)Oc2cnn3c(C(F)F)cc(-c4ccc(C(F)(F)F)cc4)nc23)c(Cl)s1. The summed E-state index contributed by atoms with van der Waals surface area (Å²) in [7, 11) is -3.94. The van der Waals surface area contributed by atoms with Crippen molar-refractivity contribution >= 4 is 50.4 Å². The molecule has 4 N–H and O–H groups in total. The molecule has 0 atom stereocenters. The Morgan fingerprint density at radius 2 is 1.90 bits per heavy atom. The van der Waals surface area contributed by atoms with Gasteiger partial charge in [0.2, 0.25) is 10.0 Å². The number of amides is 1. The van der Waals surface area contributed by atoms with Crippen molar-refractivity contribution in [3.63, 3.8) is 0 Å². The largest absolute Gasteiger partial charge is 0.417 e. The normalized spacial score (nSPS) is 12.3. The van der Waals surface area contributed by atoms with Crippen LogP contribution in [0, 0.1) is 0 Å². The van der Waals surface area contributed by atoms with Crippen molar-refractivity contribution < 1.29 is 39.9 Å². The molecular formula is C21H16ClF5N6O4S2. The van der Waals surface area contributed by atoms with Gasteiger partial charge in [0.1, 0.15) is 14.2 Å². The second-order valence-electron chi connectivity index (χ2n) is 7.64. The number of nitrogens with zero attached hydrogens (tertiary/aromatic N) is 3. The number of nitrogens with two attached hydrogens (primary N) is 1. The highest BCUT2D eigenvalue weighted by Gasteiger charge is 2.30. The van der Waals surface area contributed by atoms with Crippen LogP contribution in [0.15, 0.2) is 46.8 Å². The highest BCUT2D eigenvalue weighted by atomic mass is 35.5. The Bertz CT molecular complexity index is 1620. The zero-order valence-corrected chi connectivity index (χ0v) is 21.6. The lowest BCUT2D eigenvalue weighted by molar-refractivity contribution is -0.137. The molecule has 4 aromatic rings. The quantitative estimate of drug-likeness (QED) is 0.241. The van der Waals surface area contributed by atoms with Crippen molar-refractivity contribution in [1.82, 2.24) is 19.3 Å². The predicted octanol–water partition coefficient (Wildman–Crippen LogP) is 4.92. The maximum Gasteiger partial charge on any atom is 0.417 e. The monoisotopic (exact) mass is 610 g/mol. The fourth-order valence-corrected chi connectivity index (χ4v) is 5.97. The second kappa shape index (κ2) is 11.0. The van der Waals surface area contributed by atoms with Crippen LogP contribution in [-0.4, -0.2) is 42.2 Å². The van der Waals surface area contributed by atoms with Gasteiger partial charge in [-0.25, -0.2) is 36.2 Å². The molecule has 39 heavy (non-hydrogen) atoms. The number of anilines is 1. The smallest absolute Gasteiger partial charge is 0.404 e. The van der Waals surface area contributed by atoms with Gasteiger partial charge in [-0.15, -0.1) is 11.3 Å². The number of carbonyl (C=O) groups excluding carboxylic acids is 1. The van der Waals surface area contributed by atoms with E-state index in [0.29, 0.717) is 15.9 Å². The number of alkyl halides is 5. The molecule has 0 spiro atoms. The number of fused-ring (bicyclic) bond motifs is 1. The van der Waals surface area contributed by atoms with Crippen molar-refractivity contribution in [2.45, 2.75) is 16.8 Å². The van der Waals surface area contributed by atoms with Gasteiger partial charge in [-0.1, -0.05) is 23.7 Å². The molecule has 1 amide bonds. The van der Waals surface area contributed by atoms with Gasteiger partial charge in [0, 0.05) is 18.7 Å². The van der Waals surface area contributed by atoms with E-state index in [1.54, 1.807) is 0 Å². The van der Waals surface area contributed by atoms with Gasteiger partial charge in [-0.2, -0.15) is 18.3 Å². The summed E-state index contributed by atoms with van der Waals surface area (Å²) in [6.07, 6.45) is -7.90. The number of hydrogen-bond acceptors (Lipinski definition) is 8. The first-order valence-electron chi connectivity index (χ1n) is 10.6. The number of hydrogen-bond donors (Lipinski definition) is 3. The number of aromatic nitrogens is 3. The number of sulfonamides is 1. The summed E-state index contributed by atoms with van der Waals surface area (Å²) in [5.41, 5.74) is 3.21. The topological polar surface area (TPSA) is 141 Å². The Hall–Kier alpha value is -3.38. The van der Waals surface area contributed by atoms with E-state index in [2.05, 4.69) is 20.1 Å². The fourth-order valence-electron chi connectivity index (χ4n) is 3.24. The van der Waals surface area contributed by atoms with Gasteiger partial charge in [-0.05, 0) is 24.3 Å². The van der Waals surface area contributed by atoms with Crippen molar-refractivity contribution in [2.24, 2.45) is 5.73 Å². The van der Waals surface area contributed by atoms with Gasteiger partial charge in [0.05, 0.1) is 23.1 Å². The number of benzene rings is 1. The standard InChI is InChI=1S/C21H16ClF5N6O4S2/c22-17-13(8-16(38-17)39(35,36)30-6-5-28)32-20(34)37-15-9-29-33-14(18(23)24)7-12(31-19(15)33)10-1-3-11(4-2-10)21(25,26)27/h1-4,7-9,18,30H,5-6,28H2,(H,32,34). The van der Waals surface area contributed by atoms with Crippen molar-refractivity contribution in [1.29, 1.82) is 0 Å². The average molecular weight is 611 g/mol. The molecular weight excluding hydrogens is 595 g/mol. The molecule has 0 saturated carbocycles. The van der Waals surface area contributed by atoms with Crippen LogP contribution in [0.1, 0.15) is 17.7 Å². The summed E-state index contributed by atoms with van der Waals surface area (Å²) >= 11 is 6.69. The highest BCUT2D eigenvalue weighted by molar-refractivity contribution is 7.91. The summed E-state index contributed by atoms with van der Waals surface area (Å²) in [5.74, 6) is -0.369. The Kier molecular flexibility index (Phi) is 8.08. The van der Waals surface area contributed by atoms with Crippen LogP contribution in [0.25, 0.3) is 16.9 Å². The molecule has 0 bridgehead atoms. The summed E-state index contributed by atoms with van der Waals surface area (Å²) in [5, 5.41) is 6.01. The zero-order chi connectivity index (χ0) is 28.5. The number of ether oxygens (including phenoxy) is 1. The lowest BCUT2D eigenvalue weighted by Crippen LogP contribution is -2.28. The molecule has 208 valence electrons. The van der Waals surface area contributed by atoms with E-state index in [-0.39, 0.29) is 50.0 Å². The molecule has 4 rings (SSSR count). The van der Waals surface area contributed by atoms with Gasteiger partial charge in [-0.3, -0.25) is 5.32 Å². The molecule has 3 heterocycles. The third kappa shape index (κ3) is 6.27. The van der Waals surface area contributed by atoms with Crippen molar-refractivity contribution in [2.75, 3.05) is 18.4 Å². The van der Waals surface area contributed by atoms with Gasteiger partial charge >= 0.3 is 12.3 Å². The Labute approximate surface area is 225 Å². The predicted molar refractivity (Wildman–Crippen MR) is 132 cm³/mol. The molecule has 0 fully saturated rings. The number of nitrogens with one attached hydrogen (secondary N) is 2. The van der Waals surface area contributed by atoms with Crippen LogP contribution >= 0.6 is 22.9 Å².